The molecule has 33 heavy (non-hydrogen) atoms. The molecule has 1 aromatic carbocycles. The Bertz CT molecular complexity index is 1300. The number of ether oxygens (including phenoxy) is 1. The largest absolute Gasteiger partial charge is 0.496 e. The summed E-state index contributed by atoms with van der Waals surface area (Å²) in [5.74, 6) is -0.579. The van der Waals surface area contributed by atoms with Crippen molar-refractivity contribution < 1.29 is 14.6 Å². The summed E-state index contributed by atoms with van der Waals surface area (Å²) in [6, 6.07) is 5.71. The SMILES string of the molecule is COc1cc2c(cc1-c1cnn(C(C)C)c1)C(C)(C)N(C(C)C)n1cc(C(=O)O)c(=O)cc1-2. The van der Waals surface area contributed by atoms with Crippen LogP contribution in [-0.2, 0) is 5.54 Å². The zero-order chi connectivity index (χ0) is 24.2. The fourth-order valence-electron chi connectivity index (χ4n) is 4.80. The maximum Gasteiger partial charge on any atom is 0.341 e. The number of nitrogens with zero attached hydrogens (tertiary/aromatic N) is 4. The van der Waals surface area contributed by atoms with Crippen LogP contribution in [0.2, 0.25) is 0 Å². The van der Waals surface area contributed by atoms with Gasteiger partial charge in [-0.05, 0) is 59.2 Å². The van der Waals surface area contributed by atoms with E-state index >= 15 is 0 Å². The van der Waals surface area contributed by atoms with E-state index in [-0.39, 0.29) is 17.6 Å². The average molecular weight is 451 g/mol. The van der Waals surface area contributed by atoms with E-state index in [1.165, 1.54) is 12.3 Å². The van der Waals surface area contributed by atoms with E-state index in [1.807, 2.05) is 37.0 Å². The molecule has 174 valence electrons. The molecule has 1 aliphatic heterocycles. The van der Waals surface area contributed by atoms with Crippen molar-refractivity contribution in [3.05, 3.63) is 58.1 Å². The summed E-state index contributed by atoms with van der Waals surface area (Å²) in [7, 11) is 1.62. The zero-order valence-corrected chi connectivity index (χ0v) is 20.1. The fourth-order valence-corrected chi connectivity index (χ4v) is 4.80. The summed E-state index contributed by atoms with van der Waals surface area (Å²) in [6.45, 7) is 12.4. The van der Waals surface area contributed by atoms with Gasteiger partial charge in [0.05, 0.1) is 24.5 Å². The molecular weight excluding hydrogens is 420 g/mol. The lowest BCUT2D eigenvalue weighted by Gasteiger charge is -2.50. The van der Waals surface area contributed by atoms with Crippen LogP contribution in [0.5, 0.6) is 5.75 Å². The molecule has 8 nitrogen and oxygen atoms in total. The standard InChI is InChI=1S/C25H30N4O4/c1-14(2)27-12-16(11-26-27)17-8-20-18(9-23(17)33-7)21-10-22(30)19(24(31)32)13-28(21)29(15(3)4)25(20,5)6/h8-15H,1-7H3,(H,31,32). The second-order valence-corrected chi connectivity index (χ2v) is 9.48. The minimum Gasteiger partial charge on any atom is -0.496 e. The number of pyridine rings is 1. The molecule has 3 heterocycles. The van der Waals surface area contributed by atoms with Gasteiger partial charge in [-0.25, -0.2) is 4.79 Å². The molecule has 2 aromatic heterocycles. The molecule has 1 aliphatic rings. The number of carboxylic acids is 1. The highest BCUT2D eigenvalue weighted by molar-refractivity contribution is 5.88. The van der Waals surface area contributed by atoms with Crippen molar-refractivity contribution in [3.63, 3.8) is 0 Å². The first-order chi connectivity index (χ1) is 15.5. The van der Waals surface area contributed by atoms with Crippen LogP contribution >= 0.6 is 0 Å². The summed E-state index contributed by atoms with van der Waals surface area (Å²) >= 11 is 0. The molecule has 0 spiro atoms. The normalized spacial score (nSPS) is 14.4. The molecule has 0 radical (unpaired) electrons. The van der Waals surface area contributed by atoms with Crippen molar-refractivity contribution >= 4 is 5.97 Å². The van der Waals surface area contributed by atoms with Crippen LogP contribution < -0.4 is 15.2 Å². The lowest BCUT2D eigenvalue weighted by molar-refractivity contribution is 0.0694. The number of rotatable bonds is 5. The third-order valence-electron chi connectivity index (χ3n) is 6.27. The summed E-state index contributed by atoms with van der Waals surface area (Å²) in [5, 5.41) is 16.1. The van der Waals surface area contributed by atoms with Gasteiger partial charge in [0.2, 0.25) is 0 Å². The van der Waals surface area contributed by atoms with Crippen LogP contribution in [0.4, 0.5) is 0 Å². The number of aromatic carboxylic acids is 1. The number of hydrogen-bond acceptors (Lipinski definition) is 5. The molecule has 0 aliphatic carbocycles. The summed E-state index contributed by atoms with van der Waals surface area (Å²) < 4.78 is 9.46. The number of carbonyl (C=O) groups is 1. The van der Waals surface area contributed by atoms with Crippen molar-refractivity contribution in [3.8, 4) is 28.1 Å². The first-order valence-corrected chi connectivity index (χ1v) is 11.0. The quantitative estimate of drug-likeness (QED) is 0.625. The molecule has 0 atom stereocenters. The van der Waals surface area contributed by atoms with Crippen molar-refractivity contribution in [1.82, 2.24) is 14.5 Å². The van der Waals surface area contributed by atoms with E-state index in [0.29, 0.717) is 11.4 Å². The lowest BCUT2D eigenvalue weighted by atomic mass is 9.83. The smallest absolute Gasteiger partial charge is 0.341 e. The first kappa shape index (κ1) is 22.6. The lowest BCUT2D eigenvalue weighted by Crippen LogP contribution is -2.56. The van der Waals surface area contributed by atoms with Gasteiger partial charge in [0.1, 0.15) is 11.3 Å². The van der Waals surface area contributed by atoms with Gasteiger partial charge >= 0.3 is 5.97 Å². The number of fused-ring (bicyclic) bond motifs is 3. The molecular formula is C25H30N4O4. The Morgan fingerprint density at radius 1 is 1.06 bits per heavy atom. The number of aromatic nitrogens is 3. The highest BCUT2D eigenvalue weighted by Crippen LogP contribution is 2.46. The average Bonchev–Trinajstić information content (AvgIpc) is 3.23. The maximum absolute atomic E-state index is 12.6. The highest BCUT2D eigenvalue weighted by Gasteiger charge is 2.40. The van der Waals surface area contributed by atoms with Gasteiger partial charge in [0.15, 0.2) is 5.43 Å². The van der Waals surface area contributed by atoms with E-state index in [0.717, 1.165) is 22.3 Å². The number of methoxy groups -OCH3 is 1. The Kier molecular flexibility index (Phi) is 5.35. The molecule has 4 rings (SSSR count). The van der Waals surface area contributed by atoms with Crippen molar-refractivity contribution in [2.45, 2.75) is 59.2 Å². The van der Waals surface area contributed by atoms with Crippen LogP contribution in [0.3, 0.4) is 0 Å². The van der Waals surface area contributed by atoms with Crippen LogP contribution in [0.25, 0.3) is 22.4 Å². The van der Waals surface area contributed by atoms with Crippen molar-refractivity contribution in [2.24, 2.45) is 0 Å². The van der Waals surface area contributed by atoms with Crippen molar-refractivity contribution in [1.29, 1.82) is 0 Å². The minimum atomic E-state index is -1.24. The molecule has 0 bridgehead atoms. The Morgan fingerprint density at radius 2 is 1.76 bits per heavy atom. The predicted molar refractivity (Wildman–Crippen MR) is 128 cm³/mol. The second kappa shape index (κ2) is 7.79. The zero-order valence-electron chi connectivity index (χ0n) is 20.1. The topological polar surface area (TPSA) is 89.6 Å². The van der Waals surface area contributed by atoms with Crippen LogP contribution in [0, 0.1) is 0 Å². The van der Waals surface area contributed by atoms with E-state index in [9.17, 15) is 14.7 Å². The molecule has 0 unspecified atom stereocenters. The third-order valence-corrected chi connectivity index (χ3v) is 6.27. The minimum absolute atomic E-state index is 0.0327. The summed E-state index contributed by atoms with van der Waals surface area (Å²) in [5.41, 5.74) is 3.07. The van der Waals surface area contributed by atoms with Gasteiger partial charge < -0.3 is 14.9 Å². The molecule has 0 saturated carbocycles. The maximum atomic E-state index is 12.6. The predicted octanol–water partition coefficient (Wildman–Crippen LogP) is 4.26. The Labute approximate surface area is 193 Å². The van der Waals surface area contributed by atoms with Gasteiger partial charge in [0.25, 0.3) is 0 Å². The Hall–Kier alpha value is -3.55. The molecule has 0 fully saturated rings. The number of carboxylic acid groups (broad SMARTS) is 1. The van der Waals surface area contributed by atoms with E-state index in [4.69, 9.17) is 4.74 Å². The Morgan fingerprint density at radius 3 is 2.30 bits per heavy atom. The fraction of sp³-hybridized carbons (Fsp3) is 0.400. The van der Waals surface area contributed by atoms with E-state index in [2.05, 4.69) is 43.9 Å². The number of benzene rings is 1. The van der Waals surface area contributed by atoms with Gasteiger partial charge in [-0.2, -0.15) is 5.10 Å². The van der Waals surface area contributed by atoms with Crippen molar-refractivity contribution in [2.75, 3.05) is 12.1 Å². The Balaban J connectivity index is 2.04. The van der Waals surface area contributed by atoms with Gasteiger partial charge in [-0.1, -0.05) is 0 Å². The molecule has 0 saturated heterocycles. The van der Waals surface area contributed by atoms with E-state index < -0.39 is 16.9 Å². The van der Waals surface area contributed by atoms with Gasteiger partial charge in [-0.15, -0.1) is 0 Å². The molecule has 1 N–H and O–H groups in total. The van der Waals surface area contributed by atoms with Crippen LogP contribution in [0.15, 0.2) is 41.6 Å². The second-order valence-electron chi connectivity index (χ2n) is 9.48. The summed E-state index contributed by atoms with van der Waals surface area (Å²) in [6.07, 6.45) is 5.26. The first-order valence-electron chi connectivity index (χ1n) is 11.0. The molecule has 8 heteroatoms. The van der Waals surface area contributed by atoms with Crippen LogP contribution in [-0.4, -0.2) is 38.7 Å². The molecule has 3 aromatic rings. The van der Waals surface area contributed by atoms with Gasteiger partial charge in [-0.3, -0.25) is 14.2 Å². The molecule has 0 amide bonds. The number of hydrogen-bond donors (Lipinski definition) is 1. The van der Waals surface area contributed by atoms with E-state index in [1.54, 1.807) is 11.8 Å². The van der Waals surface area contributed by atoms with Gasteiger partial charge in [0, 0.05) is 47.2 Å². The monoisotopic (exact) mass is 450 g/mol. The van der Waals surface area contributed by atoms with Crippen LogP contribution in [0.1, 0.15) is 63.5 Å². The highest BCUT2D eigenvalue weighted by atomic mass is 16.5. The third kappa shape index (κ3) is 3.50. The summed E-state index contributed by atoms with van der Waals surface area (Å²) in [4.78, 5) is 24.3.